The molecule has 0 aromatic carbocycles. The minimum Gasteiger partial charge on any atom is -0.485 e. The molecular formula is C16H22N2O2. The van der Waals surface area contributed by atoms with Gasteiger partial charge in [0.2, 0.25) is 5.91 Å². The molecule has 3 rings (SSSR count). The molecule has 0 atom stereocenters. The monoisotopic (exact) mass is 274 g/mol. The number of hydrogen-bond acceptors (Lipinski definition) is 3. The molecule has 1 saturated carbocycles. The molecule has 4 nitrogen and oxygen atoms in total. The molecule has 20 heavy (non-hydrogen) atoms. The zero-order valence-corrected chi connectivity index (χ0v) is 11.8. The first-order valence-corrected chi connectivity index (χ1v) is 7.66. The van der Waals surface area contributed by atoms with Gasteiger partial charge in [0.15, 0.2) is 0 Å². The highest BCUT2D eigenvalue weighted by Gasteiger charge is 2.33. The molecule has 0 bridgehead atoms. The fraction of sp³-hybridized carbons (Fsp3) is 0.625. The molecule has 0 unspecified atom stereocenters. The topological polar surface area (TPSA) is 42.4 Å². The van der Waals surface area contributed by atoms with Gasteiger partial charge in [-0.15, -0.1) is 0 Å². The van der Waals surface area contributed by atoms with Crippen LogP contribution in [-0.4, -0.2) is 35.0 Å². The standard InChI is InChI=1S/C16H22N2O2/c19-16(9-13-5-2-1-3-6-13)18-11-15(12-18)20-14-7-4-8-17-10-14/h4,7-8,10,13,15H,1-3,5-6,9,11-12H2. The van der Waals surface area contributed by atoms with Gasteiger partial charge in [0.25, 0.3) is 0 Å². The van der Waals surface area contributed by atoms with Crippen LogP contribution in [0.2, 0.25) is 0 Å². The molecule has 1 saturated heterocycles. The zero-order valence-electron chi connectivity index (χ0n) is 11.8. The Morgan fingerprint density at radius 2 is 2.10 bits per heavy atom. The van der Waals surface area contributed by atoms with Gasteiger partial charge >= 0.3 is 0 Å². The molecule has 0 radical (unpaired) electrons. The van der Waals surface area contributed by atoms with Crippen LogP contribution in [0.15, 0.2) is 24.5 Å². The van der Waals surface area contributed by atoms with Crippen LogP contribution in [0.4, 0.5) is 0 Å². The smallest absolute Gasteiger partial charge is 0.223 e. The Bertz CT molecular complexity index is 437. The Labute approximate surface area is 120 Å². The predicted molar refractivity (Wildman–Crippen MR) is 76.4 cm³/mol. The van der Waals surface area contributed by atoms with Crippen LogP contribution in [0.3, 0.4) is 0 Å². The van der Waals surface area contributed by atoms with E-state index in [1.807, 2.05) is 17.0 Å². The van der Waals surface area contributed by atoms with E-state index < -0.39 is 0 Å². The summed E-state index contributed by atoms with van der Waals surface area (Å²) in [6.07, 6.45) is 10.7. The Morgan fingerprint density at radius 1 is 1.30 bits per heavy atom. The molecule has 4 heteroatoms. The van der Waals surface area contributed by atoms with Crippen molar-refractivity contribution in [3.05, 3.63) is 24.5 Å². The van der Waals surface area contributed by atoms with Gasteiger partial charge in [-0.05, 0) is 30.9 Å². The summed E-state index contributed by atoms with van der Waals surface area (Å²) in [7, 11) is 0. The summed E-state index contributed by atoms with van der Waals surface area (Å²) in [5.74, 6) is 1.72. The van der Waals surface area contributed by atoms with E-state index in [-0.39, 0.29) is 6.10 Å². The van der Waals surface area contributed by atoms with Crippen molar-refractivity contribution in [1.82, 2.24) is 9.88 Å². The van der Waals surface area contributed by atoms with Crippen molar-refractivity contribution in [3.63, 3.8) is 0 Å². The quantitative estimate of drug-likeness (QED) is 0.847. The van der Waals surface area contributed by atoms with Crippen LogP contribution in [0.5, 0.6) is 5.75 Å². The Balaban J connectivity index is 1.40. The molecular weight excluding hydrogens is 252 g/mol. The molecule has 1 aromatic heterocycles. The third-order valence-corrected chi connectivity index (χ3v) is 4.33. The van der Waals surface area contributed by atoms with E-state index in [0.717, 1.165) is 25.3 Å². The largest absolute Gasteiger partial charge is 0.485 e. The van der Waals surface area contributed by atoms with E-state index in [1.165, 1.54) is 32.1 Å². The Kier molecular flexibility index (Phi) is 4.19. The maximum Gasteiger partial charge on any atom is 0.223 e. The van der Waals surface area contributed by atoms with Crippen LogP contribution in [0.25, 0.3) is 0 Å². The summed E-state index contributed by atoms with van der Waals surface area (Å²) in [6, 6.07) is 3.76. The first kappa shape index (κ1) is 13.4. The van der Waals surface area contributed by atoms with Crippen molar-refractivity contribution in [2.75, 3.05) is 13.1 Å². The molecule has 1 amide bonds. The SMILES string of the molecule is O=C(CC1CCCCC1)N1CC(Oc2cccnc2)C1. The van der Waals surface area contributed by atoms with Gasteiger partial charge in [-0.1, -0.05) is 19.3 Å². The fourth-order valence-corrected chi connectivity index (χ4v) is 3.09. The number of aromatic nitrogens is 1. The molecule has 2 fully saturated rings. The highest BCUT2D eigenvalue weighted by atomic mass is 16.5. The van der Waals surface area contributed by atoms with Crippen molar-refractivity contribution >= 4 is 5.91 Å². The predicted octanol–water partition coefficient (Wildman–Crippen LogP) is 2.64. The van der Waals surface area contributed by atoms with Gasteiger partial charge in [0.05, 0.1) is 19.3 Å². The second-order valence-electron chi connectivity index (χ2n) is 5.94. The normalized spacial score (nSPS) is 20.5. The number of pyridine rings is 1. The number of likely N-dealkylation sites (tertiary alicyclic amines) is 1. The molecule has 1 aliphatic carbocycles. The van der Waals surface area contributed by atoms with E-state index in [0.29, 0.717) is 11.8 Å². The fourth-order valence-electron chi connectivity index (χ4n) is 3.09. The second-order valence-corrected chi connectivity index (χ2v) is 5.94. The van der Waals surface area contributed by atoms with Crippen molar-refractivity contribution in [2.45, 2.75) is 44.6 Å². The first-order chi connectivity index (χ1) is 9.81. The maximum atomic E-state index is 12.1. The molecule has 0 N–H and O–H groups in total. The highest BCUT2D eigenvalue weighted by Crippen LogP contribution is 2.28. The summed E-state index contributed by atoms with van der Waals surface area (Å²) in [6.45, 7) is 1.45. The lowest BCUT2D eigenvalue weighted by Crippen LogP contribution is -2.56. The van der Waals surface area contributed by atoms with E-state index in [4.69, 9.17) is 4.74 Å². The third-order valence-electron chi connectivity index (χ3n) is 4.33. The summed E-state index contributed by atoms with van der Waals surface area (Å²) in [5, 5.41) is 0. The summed E-state index contributed by atoms with van der Waals surface area (Å²) in [5.41, 5.74) is 0. The Hall–Kier alpha value is -1.58. The van der Waals surface area contributed by atoms with E-state index in [1.54, 1.807) is 12.4 Å². The number of amides is 1. The van der Waals surface area contributed by atoms with Gasteiger partial charge < -0.3 is 9.64 Å². The van der Waals surface area contributed by atoms with Crippen LogP contribution < -0.4 is 4.74 Å². The van der Waals surface area contributed by atoms with Crippen molar-refractivity contribution in [1.29, 1.82) is 0 Å². The molecule has 2 heterocycles. The highest BCUT2D eigenvalue weighted by molar-refractivity contribution is 5.77. The van der Waals surface area contributed by atoms with Crippen molar-refractivity contribution < 1.29 is 9.53 Å². The number of carbonyl (C=O) groups excluding carboxylic acids is 1. The third kappa shape index (κ3) is 3.30. The first-order valence-electron chi connectivity index (χ1n) is 7.66. The average Bonchev–Trinajstić information content (AvgIpc) is 2.44. The van der Waals surface area contributed by atoms with Crippen molar-refractivity contribution in [3.8, 4) is 5.75 Å². The van der Waals surface area contributed by atoms with Crippen LogP contribution >= 0.6 is 0 Å². The molecule has 0 spiro atoms. The number of nitrogens with zero attached hydrogens (tertiary/aromatic N) is 2. The van der Waals surface area contributed by atoms with Gasteiger partial charge in [-0.25, -0.2) is 0 Å². The van der Waals surface area contributed by atoms with Crippen molar-refractivity contribution in [2.24, 2.45) is 5.92 Å². The number of carbonyl (C=O) groups is 1. The number of rotatable bonds is 4. The minimum absolute atomic E-state index is 0.134. The van der Waals surface area contributed by atoms with Gasteiger partial charge in [-0.2, -0.15) is 0 Å². The van der Waals surface area contributed by atoms with E-state index >= 15 is 0 Å². The molecule has 1 aliphatic heterocycles. The lowest BCUT2D eigenvalue weighted by Gasteiger charge is -2.39. The lowest BCUT2D eigenvalue weighted by atomic mass is 9.86. The zero-order chi connectivity index (χ0) is 13.8. The molecule has 2 aliphatic rings. The van der Waals surface area contributed by atoms with Crippen LogP contribution in [-0.2, 0) is 4.79 Å². The van der Waals surface area contributed by atoms with E-state index in [9.17, 15) is 4.79 Å². The maximum absolute atomic E-state index is 12.1. The Morgan fingerprint density at radius 3 is 2.80 bits per heavy atom. The van der Waals surface area contributed by atoms with Gasteiger partial charge in [0, 0.05) is 12.6 Å². The summed E-state index contributed by atoms with van der Waals surface area (Å²) in [4.78, 5) is 18.1. The number of ether oxygens (including phenoxy) is 1. The second kappa shape index (κ2) is 6.25. The molecule has 1 aromatic rings. The molecule has 108 valence electrons. The van der Waals surface area contributed by atoms with E-state index in [2.05, 4.69) is 4.98 Å². The minimum atomic E-state index is 0.134. The van der Waals surface area contributed by atoms with Crippen LogP contribution in [0, 0.1) is 5.92 Å². The average molecular weight is 274 g/mol. The number of hydrogen-bond donors (Lipinski definition) is 0. The summed E-state index contributed by atoms with van der Waals surface area (Å²) >= 11 is 0. The lowest BCUT2D eigenvalue weighted by molar-refractivity contribution is -0.141. The van der Waals surface area contributed by atoms with Gasteiger partial charge in [-0.3, -0.25) is 9.78 Å². The van der Waals surface area contributed by atoms with Gasteiger partial charge in [0.1, 0.15) is 11.9 Å². The summed E-state index contributed by atoms with van der Waals surface area (Å²) < 4.78 is 5.76. The van der Waals surface area contributed by atoms with Crippen LogP contribution in [0.1, 0.15) is 38.5 Å².